The number of hydrogen-bond acceptors (Lipinski definition) is 5. The summed E-state index contributed by atoms with van der Waals surface area (Å²) in [7, 11) is -2.61. The lowest BCUT2D eigenvalue weighted by Gasteiger charge is -2.13. The minimum absolute atomic E-state index is 0.0464. The van der Waals surface area contributed by atoms with Gasteiger partial charge in [0.1, 0.15) is 5.75 Å². The first-order valence-corrected chi connectivity index (χ1v) is 8.90. The Kier molecular flexibility index (Phi) is 5.53. The van der Waals surface area contributed by atoms with Gasteiger partial charge in [0.25, 0.3) is 5.69 Å². The SMILES string of the molecule is COc1ccc([N+](=O)[O-])cc1NS(=O)(=O)Cc1c(Cl)cccc1Cl. The summed E-state index contributed by atoms with van der Waals surface area (Å²) in [6.45, 7) is 0. The summed E-state index contributed by atoms with van der Waals surface area (Å²) in [5, 5.41) is 11.3. The Morgan fingerprint density at radius 3 is 2.38 bits per heavy atom. The molecule has 24 heavy (non-hydrogen) atoms. The lowest BCUT2D eigenvalue weighted by atomic mass is 10.2. The number of ether oxygens (including phenoxy) is 1. The molecule has 2 aromatic rings. The van der Waals surface area contributed by atoms with Gasteiger partial charge in [0, 0.05) is 27.7 Å². The summed E-state index contributed by atoms with van der Waals surface area (Å²) in [4.78, 5) is 10.2. The predicted molar refractivity (Wildman–Crippen MR) is 92.4 cm³/mol. The smallest absolute Gasteiger partial charge is 0.271 e. The van der Waals surface area contributed by atoms with Gasteiger partial charge in [-0.2, -0.15) is 0 Å². The zero-order valence-electron chi connectivity index (χ0n) is 12.3. The minimum Gasteiger partial charge on any atom is -0.495 e. The van der Waals surface area contributed by atoms with Crippen LogP contribution in [0.3, 0.4) is 0 Å². The molecule has 0 heterocycles. The second-order valence-corrected chi connectivity index (χ2v) is 7.24. The van der Waals surface area contributed by atoms with E-state index in [1.54, 1.807) is 6.07 Å². The predicted octanol–water partition coefficient (Wildman–Crippen LogP) is 3.85. The van der Waals surface area contributed by atoms with Crippen molar-refractivity contribution in [3.63, 3.8) is 0 Å². The third-order valence-corrected chi connectivity index (χ3v) is 4.96. The van der Waals surface area contributed by atoms with Gasteiger partial charge in [0.2, 0.25) is 10.0 Å². The van der Waals surface area contributed by atoms with E-state index in [2.05, 4.69) is 4.72 Å². The van der Waals surface area contributed by atoms with Gasteiger partial charge in [-0.25, -0.2) is 8.42 Å². The Morgan fingerprint density at radius 1 is 1.21 bits per heavy atom. The highest BCUT2D eigenvalue weighted by Gasteiger charge is 2.20. The lowest BCUT2D eigenvalue weighted by molar-refractivity contribution is -0.384. The van der Waals surface area contributed by atoms with E-state index >= 15 is 0 Å². The Morgan fingerprint density at radius 2 is 1.83 bits per heavy atom. The number of nitro groups is 1. The molecule has 0 atom stereocenters. The van der Waals surface area contributed by atoms with E-state index in [9.17, 15) is 18.5 Å². The van der Waals surface area contributed by atoms with Crippen molar-refractivity contribution in [1.82, 2.24) is 0 Å². The maximum absolute atomic E-state index is 12.4. The summed E-state index contributed by atoms with van der Waals surface area (Å²) in [5.41, 5.74) is -0.0862. The molecule has 1 N–H and O–H groups in total. The first-order valence-electron chi connectivity index (χ1n) is 6.49. The number of anilines is 1. The van der Waals surface area contributed by atoms with E-state index in [-0.39, 0.29) is 32.7 Å². The molecule has 0 aliphatic carbocycles. The third-order valence-electron chi connectivity index (χ3n) is 3.06. The molecule has 0 saturated heterocycles. The van der Waals surface area contributed by atoms with E-state index in [1.807, 2.05) is 0 Å². The standard InChI is InChI=1S/C14H12Cl2N2O5S/c1-23-14-6-5-9(18(19)20)7-13(14)17-24(21,22)8-10-11(15)3-2-4-12(10)16/h2-7,17H,8H2,1H3. The van der Waals surface area contributed by atoms with Crippen molar-refractivity contribution >= 4 is 44.6 Å². The van der Waals surface area contributed by atoms with E-state index in [0.29, 0.717) is 0 Å². The number of nitro benzene ring substituents is 1. The number of non-ortho nitro benzene ring substituents is 1. The molecular weight excluding hydrogens is 379 g/mol. The number of halogens is 2. The van der Waals surface area contributed by atoms with Crippen molar-refractivity contribution in [2.45, 2.75) is 5.75 Å². The highest BCUT2D eigenvalue weighted by atomic mass is 35.5. The largest absolute Gasteiger partial charge is 0.495 e. The number of sulfonamides is 1. The van der Waals surface area contributed by atoms with Gasteiger partial charge in [-0.05, 0) is 18.2 Å². The van der Waals surface area contributed by atoms with Crippen molar-refractivity contribution in [2.24, 2.45) is 0 Å². The average Bonchev–Trinajstić information content (AvgIpc) is 2.50. The molecule has 0 aromatic heterocycles. The fourth-order valence-corrected chi connectivity index (χ4v) is 3.90. The second kappa shape index (κ2) is 7.25. The zero-order chi connectivity index (χ0) is 17.9. The molecule has 0 fully saturated rings. The first-order chi connectivity index (χ1) is 11.2. The fourth-order valence-electron chi connectivity index (χ4n) is 1.95. The maximum atomic E-state index is 12.4. The Bertz CT molecular complexity index is 866. The van der Waals surface area contributed by atoms with Crippen molar-refractivity contribution in [3.05, 3.63) is 62.1 Å². The number of rotatable bonds is 6. The minimum atomic E-state index is -3.93. The zero-order valence-corrected chi connectivity index (χ0v) is 14.7. The van der Waals surface area contributed by atoms with E-state index in [0.717, 1.165) is 6.07 Å². The van der Waals surface area contributed by atoms with Gasteiger partial charge in [-0.1, -0.05) is 29.3 Å². The van der Waals surface area contributed by atoms with Gasteiger partial charge in [-0.3, -0.25) is 14.8 Å². The van der Waals surface area contributed by atoms with Crippen LogP contribution < -0.4 is 9.46 Å². The summed E-state index contributed by atoms with van der Waals surface area (Å²) >= 11 is 11.9. The molecule has 0 amide bonds. The molecule has 7 nitrogen and oxygen atoms in total. The van der Waals surface area contributed by atoms with Crippen LogP contribution in [-0.4, -0.2) is 20.5 Å². The van der Waals surface area contributed by atoms with Crippen LogP contribution in [0.1, 0.15) is 5.56 Å². The van der Waals surface area contributed by atoms with E-state index in [4.69, 9.17) is 27.9 Å². The lowest BCUT2D eigenvalue weighted by Crippen LogP contribution is -2.16. The summed E-state index contributed by atoms with van der Waals surface area (Å²) in [5.74, 6) is -0.341. The number of methoxy groups -OCH3 is 1. The van der Waals surface area contributed by atoms with Crippen LogP contribution in [0.2, 0.25) is 10.0 Å². The molecule has 2 aromatic carbocycles. The molecule has 0 saturated carbocycles. The Hall–Kier alpha value is -2.03. The maximum Gasteiger partial charge on any atom is 0.271 e. The summed E-state index contributed by atoms with van der Waals surface area (Å²) in [6, 6.07) is 8.22. The quantitative estimate of drug-likeness (QED) is 0.596. The number of hydrogen-bond donors (Lipinski definition) is 1. The van der Waals surface area contributed by atoms with Crippen molar-refractivity contribution < 1.29 is 18.1 Å². The molecule has 0 bridgehead atoms. The highest BCUT2D eigenvalue weighted by molar-refractivity contribution is 7.91. The van der Waals surface area contributed by atoms with E-state index in [1.165, 1.54) is 31.4 Å². The van der Waals surface area contributed by atoms with Crippen LogP contribution in [0.5, 0.6) is 5.75 Å². The summed E-state index contributed by atoms with van der Waals surface area (Å²) < 4.78 is 32.0. The van der Waals surface area contributed by atoms with Gasteiger partial charge in [0.15, 0.2) is 0 Å². The van der Waals surface area contributed by atoms with Crippen LogP contribution in [0.15, 0.2) is 36.4 Å². The van der Waals surface area contributed by atoms with Crippen LogP contribution in [0.25, 0.3) is 0 Å². The second-order valence-electron chi connectivity index (χ2n) is 4.70. The third kappa shape index (κ3) is 4.28. The molecule has 0 spiro atoms. The molecule has 128 valence electrons. The number of nitrogens with zero attached hydrogens (tertiary/aromatic N) is 1. The molecule has 0 radical (unpaired) electrons. The van der Waals surface area contributed by atoms with Crippen LogP contribution in [0.4, 0.5) is 11.4 Å². The molecular formula is C14H12Cl2N2O5S. The molecule has 10 heteroatoms. The number of nitrogens with one attached hydrogen (secondary N) is 1. The van der Waals surface area contributed by atoms with Gasteiger partial charge in [0.05, 0.1) is 23.5 Å². The number of benzene rings is 2. The monoisotopic (exact) mass is 390 g/mol. The van der Waals surface area contributed by atoms with Crippen molar-refractivity contribution in [1.29, 1.82) is 0 Å². The van der Waals surface area contributed by atoms with Crippen LogP contribution >= 0.6 is 23.2 Å². The summed E-state index contributed by atoms with van der Waals surface area (Å²) in [6.07, 6.45) is 0. The Labute approximate surface area is 148 Å². The van der Waals surface area contributed by atoms with Gasteiger partial charge < -0.3 is 4.74 Å². The highest BCUT2D eigenvalue weighted by Crippen LogP contribution is 2.31. The topological polar surface area (TPSA) is 98.5 Å². The van der Waals surface area contributed by atoms with Gasteiger partial charge >= 0.3 is 0 Å². The molecule has 2 rings (SSSR count). The molecule has 0 aliphatic rings. The van der Waals surface area contributed by atoms with Crippen molar-refractivity contribution in [3.8, 4) is 5.75 Å². The fraction of sp³-hybridized carbons (Fsp3) is 0.143. The normalized spacial score (nSPS) is 11.1. The van der Waals surface area contributed by atoms with Crippen LogP contribution in [0, 0.1) is 10.1 Å². The van der Waals surface area contributed by atoms with E-state index < -0.39 is 20.7 Å². The van der Waals surface area contributed by atoms with Gasteiger partial charge in [-0.15, -0.1) is 0 Å². The molecule has 0 unspecified atom stereocenters. The first kappa shape index (κ1) is 18.3. The van der Waals surface area contributed by atoms with Crippen molar-refractivity contribution in [2.75, 3.05) is 11.8 Å². The van der Waals surface area contributed by atoms with Crippen LogP contribution in [-0.2, 0) is 15.8 Å². The molecule has 0 aliphatic heterocycles. The average molecular weight is 391 g/mol. The Balaban J connectivity index is 2.35.